The molecule has 78 valence electrons. The molecular weight excluding hydrogens is 190 g/mol. The number of hydrogen-bond donors (Lipinski definition) is 2. The zero-order chi connectivity index (χ0) is 10.5. The highest BCUT2D eigenvalue weighted by molar-refractivity contribution is 5.94. The molecule has 3 heteroatoms. The van der Waals surface area contributed by atoms with Crippen molar-refractivity contribution in [2.24, 2.45) is 0 Å². The van der Waals surface area contributed by atoms with E-state index >= 15 is 0 Å². The molecule has 0 aromatic heterocycles. The molecule has 1 aromatic rings. The van der Waals surface area contributed by atoms with Gasteiger partial charge in [0.2, 0.25) is 5.91 Å². The summed E-state index contributed by atoms with van der Waals surface area (Å²) >= 11 is 0. The molecule has 0 saturated heterocycles. The molecular formula is C12H13NO2. The summed E-state index contributed by atoms with van der Waals surface area (Å²) in [5.74, 6) is 0.0717. The minimum absolute atomic E-state index is 0.0717. The third kappa shape index (κ3) is 1.35. The molecule has 15 heavy (non-hydrogen) atoms. The van der Waals surface area contributed by atoms with Crippen LogP contribution in [-0.4, -0.2) is 11.0 Å². The van der Waals surface area contributed by atoms with Gasteiger partial charge in [-0.15, -0.1) is 0 Å². The zero-order valence-electron chi connectivity index (χ0n) is 8.42. The van der Waals surface area contributed by atoms with Crippen LogP contribution in [0.15, 0.2) is 18.2 Å². The molecule has 1 aromatic carbocycles. The lowest BCUT2D eigenvalue weighted by atomic mass is 9.93. The molecule has 1 saturated carbocycles. The Morgan fingerprint density at radius 2 is 2.07 bits per heavy atom. The second-order valence-corrected chi connectivity index (χ2v) is 4.41. The van der Waals surface area contributed by atoms with E-state index in [0.717, 1.165) is 36.1 Å². The lowest BCUT2D eigenvalue weighted by Gasteiger charge is -2.22. The third-order valence-electron chi connectivity index (χ3n) is 3.28. The van der Waals surface area contributed by atoms with Crippen LogP contribution in [0.4, 0.5) is 5.69 Å². The van der Waals surface area contributed by atoms with Gasteiger partial charge in [-0.05, 0) is 36.5 Å². The molecule has 1 fully saturated rings. The first-order valence-electron chi connectivity index (χ1n) is 5.34. The van der Waals surface area contributed by atoms with E-state index in [1.165, 1.54) is 0 Å². The van der Waals surface area contributed by atoms with Crippen molar-refractivity contribution in [2.75, 3.05) is 5.32 Å². The molecule has 0 unspecified atom stereocenters. The first-order valence-corrected chi connectivity index (χ1v) is 5.34. The Kier molecular flexibility index (Phi) is 1.68. The number of carbonyl (C=O) groups is 1. The molecule has 2 N–H and O–H groups in total. The third-order valence-corrected chi connectivity index (χ3v) is 3.28. The normalized spacial score (nSPS) is 21.8. The van der Waals surface area contributed by atoms with E-state index in [0.29, 0.717) is 6.42 Å². The fraction of sp³-hybridized carbons (Fsp3) is 0.417. The number of carbonyl (C=O) groups excluding carboxylic acids is 1. The molecule has 1 amide bonds. The number of benzene rings is 1. The maximum atomic E-state index is 11.2. The summed E-state index contributed by atoms with van der Waals surface area (Å²) < 4.78 is 0. The summed E-state index contributed by atoms with van der Waals surface area (Å²) in [5, 5.41) is 13.0. The van der Waals surface area contributed by atoms with Crippen LogP contribution in [0.5, 0.6) is 0 Å². The molecule has 0 atom stereocenters. The summed E-state index contributed by atoms with van der Waals surface area (Å²) in [6.07, 6.45) is 2.97. The van der Waals surface area contributed by atoms with Gasteiger partial charge in [0.25, 0.3) is 0 Å². The Bertz CT molecular complexity index is 435. The average molecular weight is 203 g/mol. The molecule has 2 aliphatic rings. The van der Waals surface area contributed by atoms with Crippen molar-refractivity contribution in [2.45, 2.75) is 31.3 Å². The van der Waals surface area contributed by atoms with E-state index in [4.69, 9.17) is 0 Å². The van der Waals surface area contributed by atoms with Gasteiger partial charge in [-0.25, -0.2) is 0 Å². The summed E-state index contributed by atoms with van der Waals surface area (Å²) in [4.78, 5) is 11.2. The van der Waals surface area contributed by atoms with E-state index in [1.54, 1.807) is 0 Å². The van der Waals surface area contributed by atoms with Gasteiger partial charge in [0.05, 0.1) is 5.60 Å². The van der Waals surface area contributed by atoms with Crippen LogP contribution in [-0.2, 0) is 16.8 Å². The van der Waals surface area contributed by atoms with E-state index < -0.39 is 5.60 Å². The Labute approximate surface area is 88.1 Å². The van der Waals surface area contributed by atoms with Crippen molar-refractivity contribution in [3.63, 3.8) is 0 Å². The van der Waals surface area contributed by atoms with Gasteiger partial charge in [0.15, 0.2) is 0 Å². The number of amides is 1. The van der Waals surface area contributed by atoms with E-state index in [2.05, 4.69) is 5.32 Å². The van der Waals surface area contributed by atoms with Crippen molar-refractivity contribution >= 4 is 11.6 Å². The first kappa shape index (κ1) is 8.92. The van der Waals surface area contributed by atoms with Crippen molar-refractivity contribution in [3.8, 4) is 0 Å². The zero-order valence-corrected chi connectivity index (χ0v) is 8.42. The van der Waals surface area contributed by atoms with Crippen molar-refractivity contribution < 1.29 is 9.90 Å². The topological polar surface area (TPSA) is 49.3 Å². The quantitative estimate of drug-likeness (QED) is 0.727. The minimum atomic E-state index is -0.604. The molecule has 1 aliphatic carbocycles. The fourth-order valence-corrected chi connectivity index (χ4v) is 2.25. The van der Waals surface area contributed by atoms with Crippen LogP contribution in [0, 0.1) is 0 Å². The molecule has 0 bridgehead atoms. The number of aliphatic hydroxyl groups is 1. The predicted octanol–water partition coefficient (Wildman–Crippen LogP) is 1.55. The first-order chi connectivity index (χ1) is 7.19. The van der Waals surface area contributed by atoms with Crippen LogP contribution < -0.4 is 5.32 Å². The highest BCUT2D eigenvalue weighted by atomic mass is 16.3. The van der Waals surface area contributed by atoms with Crippen LogP contribution in [0.25, 0.3) is 0 Å². The van der Waals surface area contributed by atoms with Crippen LogP contribution >= 0.6 is 0 Å². The van der Waals surface area contributed by atoms with Gasteiger partial charge in [-0.1, -0.05) is 12.1 Å². The predicted molar refractivity (Wildman–Crippen MR) is 56.5 cm³/mol. The van der Waals surface area contributed by atoms with E-state index in [9.17, 15) is 9.90 Å². The monoisotopic (exact) mass is 203 g/mol. The van der Waals surface area contributed by atoms with E-state index in [-0.39, 0.29) is 5.91 Å². The summed E-state index contributed by atoms with van der Waals surface area (Å²) in [5.41, 5.74) is 2.41. The van der Waals surface area contributed by atoms with Crippen LogP contribution in [0.3, 0.4) is 0 Å². The maximum Gasteiger partial charge on any atom is 0.224 e. The number of rotatable bonds is 1. The largest absolute Gasteiger partial charge is 0.385 e. The lowest BCUT2D eigenvalue weighted by molar-refractivity contribution is -0.116. The van der Waals surface area contributed by atoms with Crippen LogP contribution in [0.1, 0.15) is 30.4 Å². The Morgan fingerprint density at radius 3 is 2.80 bits per heavy atom. The van der Waals surface area contributed by atoms with E-state index in [1.807, 2.05) is 18.2 Å². The number of anilines is 1. The van der Waals surface area contributed by atoms with Crippen molar-refractivity contribution in [3.05, 3.63) is 29.3 Å². The molecule has 3 nitrogen and oxygen atoms in total. The summed E-state index contributed by atoms with van der Waals surface area (Å²) in [6, 6.07) is 5.78. The van der Waals surface area contributed by atoms with Gasteiger partial charge in [-0.2, -0.15) is 0 Å². The standard InChI is InChI=1S/C12H13NO2/c14-11-5-4-8-9(12(15)6-7-12)2-1-3-10(8)13-11/h1-3,15H,4-7H2,(H,13,14). The molecule has 0 radical (unpaired) electrons. The smallest absolute Gasteiger partial charge is 0.224 e. The molecule has 3 rings (SSSR count). The highest BCUT2D eigenvalue weighted by Gasteiger charge is 2.44. The maximum absolute atomic E-state index is 11.2. The lowest BCUT2D eigenvalue weighted by Crippen LogP contribution is -2.22. The second-order valence-electron chi connectivity index (χ2n) is 4.41. The number of nitrogens with one attached hydrogen (secondary N) is 1. The summed E-state index contributed by atoms with van der Waals surface area (Å²) in [7, 11) is 0. The summed E-state index contributed by atoms with van der Waals surface area (Å²) in [6.45, 7) is 0. The fourth-order valence-electron chi connectivity index (χ4n) is 2.25. The van der Waals surface area contributed by atoms with Gasteiger partial charge in [-0.3, -0.25) is 4.79 Å². The molecule has 1 heterocycles. The molecule has 0 spiro atoms. The minimum Gasteiger partial charge on any atom is -0.385 e. The molecule has 1 aliphatic heterocycles. The number of fused-ring (bicyclic) bond motifs is 1. The van der Waals surface area contributed by atoms with Gasteiger partial charge in [0, 0.05) is 12.1 Å². The second kappa shape index (κ2) is 2.83. The van der Waals surface area contributed by atoms with Gasteiger partial charge < -0.3 is 10.4 Å². The van der Waals surface area contributed by atoms with Crippen molar-refractivity contribution in [1.82, 2.24) is 0 Å². The van der Waals surface area contributed by atoms with Crippen molar-refractivity contribution in [1.29, 1.82) is 0 Å². The Morgan fingerprint density at radius 1 is 1.27 bits per heavy atom. The Hall–Kier alpha value is -1.35. The number of hydrogen-bond acceptors (Lipinski definition) is 2. The van der Waals surface area contributed by atoms with Gasteiger partial charge >= 0.3 is 0 Å². The average Bonchev–Trinajstić information content (AvgIpc) is 2.96. The SMILES string of the molecule is O=C1CCc2c(cccc2C2(O)CC2)N1. The van der Waals surface area contributed by atoms with Gasteiger partial charge in [0.1, 0.15) is 0 Å². The van der Waals surface area contributed by atoms with Crippen LogP contribution in [0.2, 0.25) is 0 Å². The highest BCUT2D eigenvalue weighted by Crippen LogP contribution is 2.48. The Balaban J connectivity index is 2.10.